The number of nitrogens with one attached hydrogen (secondary N) is 1. The molecule has 0 unspecified atom stereocenters. The molecule has 1 N–H and O–H groups in total. The second-order valence-electron chi connectivity index (χ2n) is 5.25. The molecule has 112 valence electrons. The van der Waals surface area contributed by atoms with Gasteiger partial charge in [-0.15, -0.1) is 0 Å². The summed E-state index contributed by atoms with van der Waals surface area (Å²) in [5.74, 6) is 0.954. The van der Waals surface area contributed by atoms with Crippen LogP contribution in [0.1, 0.15) is 36.5 Å². The molecule has 0 bridgehead atoms. The SMILES string of the molecule is CCCCOc1ccc(CNCc2cnccc2C)cc1. The normalized spacial score (nSPS) is 10.6. The van der Waals surface area contributed by atoms with Crippen molar-refractivity contribution in [2.75, 3.05) is 6.61 Å². The smallest absolute Gasteiger partial charge is 0.119 e. The van der Waals surface area contributed by atoms with Gasteiger partial charge in [0.05, 0.1) is 6.61 Å². The minimum absolute atomic E-state index is 0.800. The molecule has 0 radical (unpaired) electrons. The van der Waals surface area contributed by atoms with Gasteiger partial charge in [-0.05, 0) is 48.2 Å². The Kier molecular flexibility index (Phi) is 6.22. The van der Waals surface area contributed by atoms with Crippen LogP contribution in [0.15, 0.2) is 42.7 Å². The van der Waals surface area contributed by atoms with Crippen LogP contribution >= 0.6 is 0 Å². The maximum Gasteiger partial charge on any atom is 0.119 e. The summed E-state index contributed by atoms with van der Waals surface area (Å²) in [6.07, 6.45) is 6.02. The van der Waals surface area contributed by atoms with Crippen LogP contribution in [0, 0.1) is 6.92 Å². The molecular formula is C18H24N2O. The summed E-state index contributed by atoms with van der Waals surface area (Å²) in [5.41, 5.74) is 3.79. The lowest BCUT2D eigenvalue weighted by molar-refractivity contribution is 0.309. The highest BCUT2D eigenvalue weighted by atomic mass is 16.5. The molecule has 0 aliphatic rings. The highest BCUT2D eigenvalue weighted by Crippen LogP contribution is 2.13. The van der Waals surface area contributed by atoms with Crippen LogP contribution in [-0.4, -0.2) is 11.6 Å². The molecule has 0 aliphatic heterocycles. The van der Waals surface area contributed by atoms with Crippen molar-refractivity contribution in [3.05, 3.63) is 59.4 Å². The molecule has 3 heteroatoms. The molecule has 1 aromatic carbocycles. The van der Waals surface area contributed by atoms with E-state index in [0.717, 1.165) is 38.3 Å². The third kappa shape index (κ3) is 5.20. The maximum atomic E-state index is 5.66. The van der Waals surface area contributed by atoms with Gasteiger partial charge in [0, 0.05) is 25.5 Å². The summed E-state index contributed by atoms with van der Waals surface area (Å²) in [4.78, 5) is 4.16. The molecule has 1 heterocycles. The van der Waals surface area contributed by atoms with Gasteiger partial charge in [-0.1, -0.05) is 25.5 Å². The average molecular weight is 284 g/mol. The fourth-order valence-electron chi connectivity index (χ4n) is 2.06. The Bertz CT molecular complexity index is 537. The van der Waals surface area contributed by atoms with Gasteiger partial charge in [0.15, 0.2) is 0 Å². The van der Waals surface area contributed by atoms with E-state index in [9.17, 15) is 0 Å². The van der Waals surface area contributed by atoms with E-state index in [4.69, 9.17) is 4.74 Å². The van der Waals surface area contributed by atoms with E-state index in [0.29, 0.717) is 0 Å². The van der Waals surface area contributed by atoms with Gasteiger partial charge in [0.1, 0.15) is 5.75 Å². The fraction of sp³-hybridized carbons (Fsp3) is 0.389. The molecule has 0 fully saturated rings. The summed E-state index contributed by atoms with van der Waals surface area (Å²) in [6.45, 7) is 6.77. The van der Waals surface area contributed by atoms with Crippen molar-refractivity contribution in [1.82, 2.24) is 10.3 Å². The number of hydrogen-bond donors (Lipinski definition) is 1. The highest BCUT2D eigenvalue weighted by molar-refractivity contribution is 5.27. The van der Waals surface area contributed by atoms with Gasteiger partial charge in [-0.3, -0.25) is 4.98 Å². The summed E-state index contributed by atoms with van der Waals surface area (Å²) >= 11 is 0. The van der Waals surface area contributed by atoms with E-state index in [-0.39, 0.29) is 0 Å². The lowest BCUT2D eigenvalue weighted by atomic mass is 10.1. The van der Waals surface area contributed by atoms with Crippen molar-refractivity contribution >= 4 is 0 Å². The Morgan fingerprint density at radius 2 is 1.90 bits per heavy atom. The van der Waals surface area contributed by atoms with Crippen molar-refractivity contribution in [2.24, 2.45) is 0 Å². The van der Waals surface area contributed by atoms with Crippen LogP contribution in [0.2, 0.25) is 0 Å². The summed E-state index contributed by atoms with van der Waals surface area (Å²) < 4.78 is 5.66. The lowest BCUT2D eigenvalue weighted by Gasteiger charge is -2.09. The van der Waals surface area contributed by atoms with Crippen LogP contribution < -0.4 is 10.1 Å². The zero-order chi connectivity index (χ0) is 14.9. The van der Waals surface area contributed by atoms with E-state index < -0.39 is 0 Å². The molecule has 0 saturated carbocycles. The molecule has 0 amide bonds. The van der Waals surface area contributed by atoms with Crippen LogP contribution in [0.4, 0.5) is 0 Å². The number of nitrogens with zero attached hydrogens (tertiary/aromatic N) is 1. The number of pyridine rings is 1. The first-order valence-corrected chi connectivity index (χ1v) is 7.61. The second kappa shape index (κ2) is 8.42. The number of aromatic nitrogens is 1. The third-order valence-electron chi connectivity index (χ3n) is 3.48. The van der Waals surface area contributed by atoms with Gasteiger partial charge >= 0.3 is 0 Å². The minimum atomic E-state index is 0.800. The van der Waals surface area contributed by atoms with Crippen LogP contribution in [-0.2, 0) is 13.1 Å². The monoisotopic (exact) mass is 284 g/mol. The zero-order valence-electron chi connectivity index (χ0n) is 12.9. The molecule has 1 aromatic heterocycles. The average Bonchev–Trinajstić information content (AvgIpc) is 2.51. The van der Waals surface area contributed by atoms with Crippen molar-refractivity contribution in [3.8, 4) is 5.75 Å². The molecule has 0 atom stereocenters. The largest absolute Gasteiger partial charge is 0.494 e. The Morgan fingerprint density at radius 3 is 2.62 bits per heavy atom. The molecule has 2 aromatic rings. The number of benzene rings is 1. The molecule has 3 nitrogen and oxygen atoms in total. The van der Waals surface area contributed by atoms with Gasteiger partial charge in [0.25, 0.3) is 0 Å². The van der Waals surface area contributed by atoms with E-state index in [1.165, 1.54) is 16.7 Å². The molecule has 0 saturated heterocycles. The van der Waals surface area contributed by atoms with Crippen molar-refractivity contribution in [2.45, 2.75) is 39.8 Å². The number of hydrogen-bond acceptors (Lipinski definition) is 3. The molecule has 0 spiro atoms. The number of ether oxygens (including phenoxy) is 1. The van der Waals surface area contributed by atoms with Crippen molar-refractivity contribution in [3.63, 3.8) is 0 Å². The summed E-state index contributed by atoms with van der Waals surface area (Å²) in [6, 6.07) is 10.4. The predicted molar refractivity (Wildman–Crippen MR) is 86.4 cm³/mol. The maximum absolute atomic E-state index is 5.66. The minimum Gasteiger partial charge on any atom is -0.494 e. The van der Waals surface area contributed by atoms with Crippen molar-refractivity contribution < 1.29 is 4.74 Å². The Hall–Kier alpha value is -1.87. The Labute approximate surface area is 127 Å². The predicted octanol–water partition coefficient (Wildman–Crippen LogP) is 3.86. The standard InChI is InChI=1S/C18H24N2O/c1-3-4-11-21-18-7-5-16(6-8-18)12-20-14-17-13-19-10-9-15(17)2/h5-10,13,20H,3-4,11-12,14H2,1-2H3. The van der Waals surface area contributed by atoms with Gasteiger partial charge < -0.3 is 10.1 Å². The fourth-order valence-corrected chi connectivity index (χ4v) is 2.06. The van der Waals surface area contributed by atoms with Crippen LogP contribution in [0.5, 0.6) is 5.75 Å². The Morgan fingerprint density at radius 1 is 1.10 bits per heavy atom. The highest BCUT2D eigenvalue weighted by Gasteiger charge is 1.99. The number of rotatable bonds is 8. The lowest BCUT2D eigenvalue weighted by Crippen LogP contribution is -2.13. The van der Waals surface area contributed by atoms with Gasteiger partial charge in [0.2, 0.25) is 0 Å². The first kappa shape index (κ1) is 15.5. The van der Waals surface area contributed by atoms with Gasteiger partial charge in [-0.25, -0.2) is 0 Å². The molecular weight excluding hydrogens is 260 g/mol. The van der Waals surface area contributed by atoms with E-state index >= 15 is 0 Å². The number of aryl methyl sites for hydroxylation is 1. The third-order valence-corrected chi connectivity index (χ3v) is 3.48. The quantitative estimate of drug-likeness (QED) is 0.747. The van der Waals surface area contributed by atoms with E-state index in [1.54, 1.807) is 0 Å². The molecule has 0 aliphatic carbocycles. The van der Waals surface area contributed by atoms with E-state index in [2.05, 4.69) is 36.3 Å². The number of unbranched alkanes of at least 4 members (excludes halogenated alkanes) is 1. The topological polar surface area (TPSA) is 34.1 Å². The molecule has 21 heavy (non-hydrogen) atoms. The Balaban J connectivity index is 1.77. The second-order valence-corrected chi connectivity index (χ2v) is 5.25. The van der Waals surface area contributed by atoms with E-state index in [1.807, 2.05) is 30.6 Å². The van der Waals surface area contributed by atoms with Gasteiger partial charge in [-0.2, -0.15) is 0 Å². The van der Waals surface area contributed by atoms with Crippen molar-refractivity contribution in [1.29, 1.82) is 0 Å². The first-order valence-electron chi connectivity index (χ1n) is 7.61. The van der Waals surface area contributed by atoms with Crippen LogP contribution in [0.3, 0.4) is 0 Å². The first-order chi connectivity index (χ1) is 10.3. The molecule has 2 rings (SSSR count). The van der Waals surface area contributed by atoms with Crippen LogP contribution in [0.25, 0.3) is 0 Å². The zero-order valence-corrected chi connectivity index (χ0v) is 12.9. The summed E-state index contributed by atoms with van der Waals surface area (Å²) in [5, 5.41) is 3.45. The summed E-state index contributed by atoms with van der Waals surface area (Å²) in [7, 11) is 0.